The predicted molar refractivity (Wildman–Crippen MR) is 73.6 cm³/mol. The summed E-state index contributed by atoms with van der Waals surface area (Å²) in [6.45, 7) is 3.03. The number of nitrogens with zero attached hydrogens (tertiary/aromatic N) is 1. The monoisotopic (exact) mass is 243 g/mol. The van der Waals surface area contributed by atoms with Crippen molar-refractivity contribution < 1.29 is 0 Å². The Balaban J connectivity index is 1.45. The highest BCUT2D eigenvalue weighted by atomic mass is 15.1. The molecule has 3 nitrogen and oxygen atoms in total. The van der Waals surface area contributed by atoms with E-state index in [4.69, 9.17) is 0 Å². The number of anilines is 2. The quantitative estimate of drug-likeness (QED) is 0.853. The molecule has 2 bridgehead atoms. The van der Waals surface area contributed by atoms with E-state index in [1.54, 1.807) is 0 Å². The first-order chi connectivity index (χ1) is 8.86. The van der Waals surface area contributed by atoms with Crippen molar-refractivity contribution in [1.82, 2.24) is 4.98 Å². The Morgan fingerprint density at radius 3 is 2.61 bits per heavy atom. The summed E-state index contributed by atoms with van der Waals surface area (Å²) in [5.41, 5.74) is 0. The summed E-state index contributed by atoms with van der Waals surface area (Å²) in [5, 5.41) is 6.94. The Kier molecular flexibility index (Phi) is 2.29. The molecule has 0 aromatic carbocycles. The van der Waals surface area contributed by atoms with E-state index < -0.39 is 0 Å². The summed E-state index contributed by atoms with van der Waals surface area (Å²) >= 11 is 0. The zero-order valence-corrected chi connectivity index (χ0v) is 10.9. The Hall–Kier alpha value is -1.25. The number of pyridine rings is 1. The summed E-state index contributed by atoms with van der Waals surface area (Å²) < 4.78 is 0. The first-order valence-electron chi connectivity index (χ1n) is 7.34. The minimum Gasteiger partial charge on any atom is -0.370 e. The average molecular weight is 243 g/mol. The van der Waals surface area contributed by atoms with Crippen LogP contribution in [0.5, 0.6) is 0 Å². The van der Waals surface area contributed by atoms with Gasteiger partial charge in [0.05, 0.1) is 0 Å². The number of hydrogen-bond acceptors (Lipinski definition) is 3. The normalized spacial score (nSPS) is 39.5. The highest BCUT2D eigenvalue weighted by Gasteiger charge is 2.65. The van der Waals surface area contributed by atoms with Gasteiger partial charge in [0.1, 0.15) is 11.6 Å². The predicted octanol–water partition coefficient (Wildman–Crippen LogP) is 2.97. The summed E-state index contributed by atoms with van der Waals surface area (Å²) in [6, 6.07) is 6.93. The minimum atomic E-state index is 0.723. The van der Waals surface area contributed by atoms with E-state index in [0.717, 1.165) is 47.9 Å². The number of hydrogen-bond donors (Lipinski definition) is 2. The molecule has 3 heteroatoms. The third-order valence-corrected chi connectivity index (χ3v) is 5.16. The topological polar surface area (TPSA) is 37.0 Å². The summed E-state index contributed by atoms with van der Waals surface area (Å²) in [4.78, 5) is 4.62. The second-order valence-electron chi connectivity index (χ2n) is 6.10. The van der Waals surface area contributed by atoms with Crippen LogP contribution in [0.4, 0.5) is 11.6 Å². The largest absolute Gasteiger partial charge is 0.370 e. The number of nitrogens with one attached hydrogen (secondary N) is 2. The summed E-state index contributed by atoms with van der Waals surface area (Å²) in [7, 11) is 0. The molecule has 0 radical (unpaired) electrons. The fourth-order valence-corrected chi connectivity index (χ4v) is 4.48. The lowest BCUT2D eigenvalue weighted by Crippen LogP contribution is -2.14. The van der Waals surface area contributed by atoms with Crippen molar-refractivity contribution in [2.75, 3.05) is 17.2 Å². The van der Waals surface area contributed by atoms with E-state index in [2.05, 4.69) is 34.7 Å². The maximum Gasteiger partial charge on any atom is 0.128 e. The Morgan fingerprint density at radius 1 is 1.17 bits per heavy atom. The zero-order valence-electron chi connectivity index (χ0n) is 10.9. The second-order valence-corrected chi connectivity index (χ2v) is 6.10. The molecule has 0 spiro atoms. The van der Waals surface area contributed by atoms with Gasteiger partial charge in [-0.2, -0.15) is 0 Å². The first kappa shape index (κ1) is 10.7. The van der Waals surface area contributed by atoms with Crippen LogP contribution in [0.3, 0.4) is 0 Å². The second kappa shape index (κ2) is 3.87. The summed E-state index contributed by atoms with van der Waals surface area (Å²) in [6.07, 6.45) is 4.47. The molecular formula is C15H21N3. The van der Waals surface area contributed by atoms with Gasteiger partial charge in [-0.05, 0) is 62.0 Å². The van der Waals surface area contributed by atoms with E-state index in [-0.39, 0.29) is 0 Å². The molecule has 0 saturated heterocycles. The lowest BCUT2D eigenvalue weighted by molar-refractivity contribution is 0.456. The van der Waals surface area contributed by atoms with Gasteiger partial charge in [-0.1, -0.05) is 6.07 Å². The molecule has 2 N–H and O–H groups in total. The maximum atomic E-state index is 4.62. The highest BCUT2D eigenvalue weighted by molar-refractivity contribution is 5.47. The third-order valence-electron chi connectivity index (χ3n) is 5.16. The Bertz CT molecular complexity index is 443. The van der Waals surface area contributed by atoms with Crippen molar-refractivity contribution in [2.24, 2.45) is 23.7 Å². The van der Waals surface area contributed by atoms with Gasteiger partial charge < -0.3 is 10.6 Å². The van der Waals surface area contributed by atoms with E-state index in [9.17, 15) is 0 Å². The molecule has 3 fully saturated rings. The van der Waals surface area contributed by atoms with Gasteiger partial charge in [0.25, 0.3) is 0 Å². The molecule has 1 aromatic heterocycles. The van der Waals surface area contributed by atoms with Gasteiger partial charge >= 0.3 is 0 Å². The van der Waals surface area contributed by atoms with Crippen LogP contribution in [0.2, 0.25) is 0 Å². The fraction of sp³-hybridized carbons (Fsp3) is 0.667. The van der Waals surface area contributed by atoms with Crippen LogP contribution >= 0.6 is 0 Å². The molecule has 3 saturated carbocycles. The van der Waals surface area contributed by atoms with Crippen LogP contribution in [0, 0.1) is 23.7 Å². The van der Waals surface area contributed by atoms with Crippen molar-refractivity contribution in [3.05, 3.63) is 18.2 Å². The molecule has 18 heavy (non-hydrogen) atoms. The SMILES string of the molecule is CCNc1cccc(NC2C3C4CCC(C4)C23)n1. The van der Waals surface area contributed by atoms with Crippen LogP contribution in [0.1, 0.15) is 26.2 Å². The fourth-order valence-electron chi connectivity index (χ4n) is 4.48. The van der Waals surface area contributed by atoms with Crippen molar-refractivity contribution in [2.45, 2.75) is 32.2 Å². The van der Waals surface area contributed by atoms with E-state index in [1.807, 2.05) is 6.07 Å². The van der Waals surface area contributed by atoms with Crippen molar-refractivity contribution in [3.63, 3.8) is 0 Å². The van der Waals surface area contributed by atoms with Crippen LogP contribution < -0.4 is 10.6 Å². The molecule has 1 heterocycles. The van der Waals surface area contributed by atoms with Crippen molar-refractivity contribution in [3.8, 4) is 0 Å². The van der Waals surface area contributed by atoms with Gasteiger partial charge in [0.2, 0.25) is 0 Å². The molecule has 3 aliphatic rings. The van der Waals surface area contributed by atoms with Crippen LogP contribution in [-0.4, -0.2) is 17.6 Å². The summed E-state index contributed by atoms with van der Waals surface area (Å²) in [5.74, 6) is 6.01. The lowest BCUT2D eigenvalue weighted by Gasteiger charge is -2.12. The molecule has 96 valence electrons. The van der Waals surface area contributed by atoms with Gasteiger partial charge in [-0.15, -0.1) is 0 Å². The third kappa shape index (κ3) is 1.53. The van der Waals surface area contributed by atoms with Crippen LogP contribution in [0.25, 0.3) is 0 Å². The molecule has 4 unspecified atom stereocenters. The van der Waals surface area contributed by atoms with E-state index in [1.165, 1.54) is 19.3 Å². The van der Waals surface area contributed by atoms with Gasteiger partial charge in [0.15, 0.2) is 0 Å². The Morgan fingerprint density at radius 2 is 1.89 bits per heavy atom. The van der Waals surface area contributed by atoms with Crippen molar-refractivity contribution in [1.29, 1.82) is 0 Å². The first-order valence-corrected chi connectivity index (χ1v) is 7.34. The van der Waals surface area contributed by atoms with E-state index >= 15 is 0 Å². The van der Waals surface area contributed by atoms with Crippen LogP contribution in [-0.2, 0) is 0 Å². The number of aromatic nitrogens is 1. The average Bonchev–Trinajstić information content (AvgIpc) is 2.79. The standard InChI is InChI=1S/C15H21N3/c1-2-16-11-4-3-5-12(17-11)18-15-13-9-6-7-10(8-9)14(13)15/h3-5,9-10,13-15H,2,6-8H2,1H3,(H2,16,17,18). The lowest BCUT2D eigenvalue weighted by atomic mass is 10.0. The molecule has 0 aliphatic heterocycles. The highest BCUT2D eigenvalue weighted by Crippen LogP contribution is 2.66. The molecule has 1 aromatic rings. The molecular weight excluding hydrogens is 222 g/mol. The van der Waals surface area contributed by atoms with Gasteiger partial charge in [0, 0.05) is 12.6 Å². The smallest absolute Gasteiger partial charge is 0.128 e. The number of rotatable bonds is 4. The maximum absolute atomic E-state index is 4.62. The minimum absolute atomic E-state index is 0.723. The van der Waals surface area contributed by atoms with Gasteiger partial charge in [-0.3, -0.25) is 0 Å². The molecule has 3 aliphatic carbocycles. The van der Waals surface area contributed by atoms with Gasteiger partial charge in [-0.25, -0.2) is 4.98 Å². The molecule has 4 rings (SSSR count). The zero-order chi connectivity index (χ0) is 12.1. The van der Waals surface area contributed by atoms with Crippen molar-refractivity contribution >= 4 is 11.6 Å². The number of fused-ring (bicyclic) bond motifs is 5. The van der Waals surface area contributed by atoms with E-state index in [0.29, 0.717) is 0 Å². The Labute approximate surface area is 108 Å². The van der Waals surface area contributed by atoms with Crippen LogP contribution in [0.15, 0.2) is 18.2 Å². The molecule has 0 amide bonds. The molecule has 4 atom stereocenters.